The van der Waals surface area contributed by atoms with Gasteiger partial charge >= 0.3 is 0 Å². The average molecular weight is 344 g/mol. The molecule has 1 aromatic carbocycles. The normalized spacial score (nSPS) is 21.8. The van der Waals surface area contributed by atoms with E-state index in [1.807, 2.05) is 12.1 Å². The third-order valence-corrected chi connectivity index (χ3v) is 5.17. The molecule has 1 aliphatic rings. The van der Waals surface area contributed by atoms with Crippen molar-refractivity contribution in [1.29, 1.82) is 0 Å². The number of hydrogen-bond donors (Lipinski definition) is 3. The largest absolute Gasteiger partial charge is 0.310 e. The summed E-state index contributed by atoms with van der Waals surface area (Å²) in [6, 6.07) is 7.76. The molecule has 4 heteroatoms. The minimum absolute atomic E-state index is 0.461. The van der Waals surface area contributed by atoms with Crippen molar-refractivity contribution in [2.75, 3.05) is 0 Å². The number of nitrogens with one attached hydrogen (secondary N) is 2. The zero-order chi connectivity index (χ0) is 18.2. The van der Waals surface area contributed by atoms with Gasteiger partial charge in [-0.1, -0.05) is 44.1 Å². The second-order valence-electron chi connectivity index (χ2n) is 7.72. The van der Waals surface area contributed by atoms with Crippen LogP contribution in [0.15, 0.2) is 36.4 Å². The molecule has 1 fully saturated rings. The first-order valence-electron chi connectivity index (χ1n) is 9.41. The Labute approximate surface area is 151 Å². The number of benzene rings is 1. The van der Waals surface area contributed by atoms with Crippen LogP contribution in [0.4, 0.5) is 0 Å². The summed E-state index contributed by atoms with van der Waals surface area (Å²) in [5.74, 6) is 1.15. The third-order valence-electron chi connectivity index (χ3n) is 5.17. The zero-order valence-corrected chi connectivity index (χ0v) is 15.6. The summed E-state index contributed by atoms with van der Waals surface area (Å²) >= 11 is 0. The molecule has 1 saturated carbocycles. The highest BCUT2D eigenvalue weighted by Crippen LogP contribution is 2.34. The Balaban J connectivity index is 1.66. The molecule has 3 atom stereocenters. The standard InChI is InChI=1S/C21H32N2O2/c1-15-11-16(2)13-19(12-15)6-4-5-17(3)22-14-18-7-9-20(10-8-18)21(24)23-25/h7-10,16-17,19,22,25H,1,4-6,11-14H2,2-3H3,(H,23,24). The van der Waals surface area contributed by atoms with Crippen molar-refractivity contribution in [3.63, 3.8) is 0 Å². The third kappa shape index (κ3) is 6.63. The average Bonchev–Trinajstić information content (AvgIpc) is 2.59. The van der Waals surface area contributed by atoms with Crippen molar-refractivity contribution in [3.05, 3.63) is 47.5 Å². The van der Waals surface area contributed by atoms with Crippen molar-refractivity contribution in [2.24, 2.45) is 11.8 Å². The quantitative estimate of drug-likeness (QED) is 0.371. The maximum Gasteiger partial charge on any atom is 0.274 e. The molecule has 0 saturated heterocycles. The summed E-state index contributed by atoms with van der Waals surface area (Å²) in [6.45, 7) is 9.56. The Morgan fingerprint density at radius 2 is 2.04 bits per heavy atom. The Hall–Kier alpha value is -1.65. The van der Waals surface area contributed by atoms with Crippen LogP contribution in [0.25, 0.3) is 0 Å². The molecule has 3 unspecified atom stereocenters. The SMILES string of the molecule is C=C1CC(C)CC(CCCC(C)NCc2ccc(C(=O)NO)cc2)C1. The molecule has 1 aliphatic carbocycles. The van der Waals surface area contributed by atoms with Gasteiger partial charge in [-0.05, 0) is 62.1 Å². The topological polar surface area (TPSA) is 61.4 Å². The smallest absolute Gasteiger partial charge is 0.274 e. The van der Waals surface area contributed by atoms with Crippen LogP contribution in [-0.4, -0.2) is 17.2 Å². The first kappa shape index (κ1) is 19.7. The van der Waals surface area contributed by atoms with Gasteiger partial charge in [0.25, 0.3) is 5.91 Å². The molecule has 4 nitrogen and oxygen atoms in total. The van der Waals surface area contributed by atoms with Crippen molar-refractivity contribution in [2.45, 2.75) is 65.0 Å². The number of carbonyl (C=O) groups is 1. The van der Waals surface area contributed by atoms with Gasteiger partial charge in [-0.15, -0.1) is 0 Å². The van der Waals surface area contributed by atoms with Crippen LogP contribution in [-0.2, 0) is 6.54 Å². The molecule has 0 bridgehead atoms. The molecule has 0 heterocycles. The maximum atomic E-state index is 11.3. The van der Waals surface area contributed by atoms with E-state index >= 15 is 0 Å². The van der Waals surface area contributed by atoms with Crippen molar-refractivity contribution < 1.29 is 10.0 Å². The van der Waals surface area contributed by atoms with Crippen molar-refractivity contribution in [1.82, 2.24) is 10.8 Å². The van der Waals surface area contributed by atoms with Crippen LogP contribution in [0.5, 0.6) is 0 Å². The first-order valence-corrected chi connectivity index (χ1v) is 9.41. The van der Waals surface area contributed by atoms with Crippen LogP contribution in [0.2, 0.25) is 0 Å². The van der Waals surface area contributed by atoms with Gasteiger partial charge in [-0.3, -0.25) is 10.0 Å². The van der Waals surface area contributed by atoms with E-state index in [4.69, 9.17) is 5.21 Å². The highest BCUT2D eigenvalue weighted by atomic mass is 16.5. The van der Waals surface area contributed by atoms with Crippen LogP contribution in [0.3, 0.4) is 0 Å². The van der Waals surface area contributed by atoms with Crippen LogP contribution in [0, 0.1) is 11.8 Å². The molecular weight excluding hydrogens is 312 g/mol. The number of rotatable bonds is 8. The Morgan fingerprint density at radius 1 is 1.32 bits per heavy atom. The molecule has 1 aromatic rings. The molecule has 0 aromatic heterocycles. The van der Waals surface area contributed by atoms with Gasteiger partial charge in [0.15, 0.2) is 0 Å². The van der Waals surface area contributed by atoms with Gasteiger partial charge in [0.2, 0.25) is 0 Å². The summed E-state index contributed by atoms with van der Waals surface area (Å²) in [4.78, 5) is 11.3. The van der Waals surface area contributed by atoms with Crippen molar-refractivity contribution >= 4 is 5.91 Å². The molecule has 25 heavy (non-hydrogen) atoms. The second kappa shape index (κ2) is 9.73. The summed E-state index contributed by atoms with van der Waals surface area (Å²) in [6.07, 6.45) is 7.54. The number of carbonyl (C=O) groups excluding carboxylic acids is 1. The van der Waals surface area contributed by atoms with Crippen LogP contribution >= 0.6 is 0 Å². The Bertz CT molecular complexity index is 568. The van der Waals surface area contributed by atoms with Gasteiger partial charge in [0.1, 0.15) is 0 Å². The minimum atomic E-state index is -0.479. The van der Waals surface area contributed by atoms with Crippen LogP contribution in [0.1, 0.15) is 68.3 Å². The zero-order valence-electron chi connectivity index (χ0n) is 15.6. The first-order chi connectivity index (χ1) is 12.0. The van der Waals surface area contributed by atoms with E-state index in [0.717, 1.165) is 23.9 Å². The summed E-state index contributed by atoms with van der Waals surface area (Å²) in [5.41, 5.74) is 4.68. The molecule has 2 rings (SSSR count). The van der Waals surface area contributed by atoms with Gasteiger partial charge in [-0.25, -0.2) is 5.48 Å². The summed E-state index contributed by atoms with van der Waals surface area (Å²) in [5, 5.41) is 12.2. The van der Waals surface area contributed by atoms with E-state index in [1.54, 1.807) is 17.6 Å². The van der Waals surface area contributed by atoms with E-state index < -0.39 is 5.91 Å². The molecule has 0 aliphatic heterocycles. The van der Waals surface area contributed by atoms with Gasteiger partial charge in [0.05, 0.1) is 0 Å². The fourth-order valence-electron chi connectivity index (χ4n) is 3.89. The predicted octanol–water partition coefficient (Wildman–Crippen LogP) is 4.45. The Morgan fingerprint density at radius 3 is 2.68 bits per heavy atom. The van der Waals surface area contributed by atoms with Crippen LogP contribution < -0.4 is 10.8 Å². The predicted molar refractivity (Wildman–Crippen MR) is 101 cm³/mol. The molecular formula is C21H32N2O2. The number of amides is 1. The highest BCUT2D eigenvalue weighted by molar-refractivity contribution is 5.93. The summed E-state index contributed by atoms with van der Waals surface area (Å²) in [7, 11) is 0. The molecule has 1 amide bonds. The van der Waals surface area contributed by atoms with E-state index in [1.165, 1.54) is 44.1 Å². The maximum absolute atomic E-state index is 11.3. The number of allylic oxidation sites excluding steroid dienone is 1. The van der Waals surface area contributed by atoms with E-state index in [2.05, 4.69) is 25.7 Å². The second-order valence-corrected chi connectivity index (χ2v) is 7.72. The molecule has 138 valence electrons. The van der Waals surface area contributed by atoms with E-state index in [9.17, 15) is 4.79 Å². The molecule has 0 spiro atoms. The minimum Gasteiger partial charge on any atom is -0.310 e. The lowest BCUT2D eigenvalue weighted by Crippen LogP contribution is -2.26. The fourth-order valence-corrected chi connectivity index (χ4v) is 3.89. The summed E-state index contributed by atoms with van der Waals surface area (Å²) < 4.78 is 0. The number of hydrogen-bond acceptors (Lipinski definition) is 3. The highest BCUT2D eigenvalue weighted by Gasteiger charge is 2.20. The molecule has 0 radical (unpaired) electrons. The van der Waals surface area contributed by atoms with Crippen molar-refractivity contribution in [3.8, 4) is 0 Å². The van der Waals surface area contributed by atoms with Gasteiger partial charge in [0, 0.05) is 18.2 Å². The lowest BCUT2D eigenvalue weighted by atomic mass is 9.78. The Kier molecular flexibility index (Phi) is 7.66. The molecule has 3 N–H and O–H groups in total. The lowest BCUT2D eigenvalue weighted by Gasteiger charge is -2.28. The lowest BCUT2D eigenvalue weighted by molar-refractivity contribution is 0.0706. The van der Waals surface area contributed by atoms with Gasteiger partial charge < -0.3 is 5.32 Å². The van der Waals surface area contributed by atoms with E-state index in [0.29, 0.717) is 11.6 Å². The van der Waals surface area contributed by atoms with E-state index in [-0.39, 0.29) is 0 Å². The monoisotopic (exact) mass is 344 g/mol. The fraction of sp³-hybridized carbons (Fsp3) is 0.571. The van der Waals surface area contributed by atoms with Gasteiger partial charge in [-0.2, -0.15) is 0 Å². The number of hydroxylamine groups is 1.